The monoisotopic (exact) mass is 334 g/mol. The summed E-state index contributed by atoms with van der Waals surface area (Å²) in [7, 11) is -3.10. The summed E-state index contributed by atoms with van der Waals surface area (Å²) < 4.78 is 27.3. The third kappa shape index (κ3) is 3.44. The Balaban J connectivity index is 0.00000192. The largest absolute Gasteiger partial charge is 1.00 e. The van der Waals surface area contributed by atoms with Crippen molar-refractivity contribution in [2.45, 2.75) is 4.90 Å². The second-order valence-corrected chi connectivity index (χ2v) is 8.07. The van der Waals surface area contributed by atoms with Crippen LogP contribution in [0.5, 0.6) is 0 Å². The average molecular weight is 334 g/mol. The molecular weight excluding hydrogens is 321 g/mol. The maximum Gasteiger partial charge on any atom is 1.00 e. The Morgan fingerprint density at radius 1 is 0.783 bits per heavy atom. The van der Waals surface area contributed by atoms with E-state index in [0.717, 1.165) is 0 Å². The summed E-state index contributed by atoms with van der Waals surface area (Å²) in [4.78, 5) is 0.288. The van der Waals surface area contributed by atoms with Crippen LogP contribution in [0.3, 0.4) is 0 Å². The Morgan fingerprint density at radius 2 is 1.26 bits per heavy atom. The van der Waals surface area contributed by atoms with Crippen molar-refractivity contribution >= 4 is 35.7 Å². The summed E-state index contributed by atoms with van der Waals surface area (Å²) in [5, 5.41) is 1.89. The zero-order chi connectivity index (χ0) is 15.6. The molecule has 3 aromatic rings. The molecule has 5 heteroatoms. The first-order chi connectivity index (χ1) is 10.6. The van der Waals surface area contributed by atoms with Crippen LogP contribution in [0.4, 0.5) is 4.39 Å². The molecule has 0 radical (unpaired) electrons. The van der Waals surface area contributed by atoms with Crippen molar-refractivity contribution in [3.63, 3.8) is 0 Å². The molecule has 0 fully saturated rings. The molecule has 0 aliphatic carbocycles. The van der Waals surface area contributed by atoms with Crippen molar-refractivity contribution < 1.29 is 27.8 Å². The van der Waals surface area contributed by atoms with Crippen molar-refractivity contribution in [2.75, 3.05) is 0 Å². The van der Waals surface area contributed by atoms with Crippen LogP contribution in [0.2, 0.25) is 0 Å². The molecule has 0 bridgehead atoms. The van der Waals surface area contributed by atoms with Gasteiger partial charge in [0.1, 0.15) is 5.82 Å². The predicted octanol–water partition coefficient (Wildman–Crippen LogP) is 0.375. The Labute approximate surface area is 152 Å². The third-order valence-corrected chi connectivity index (χ3v) is 7.11. The van der Waals surface area contributed by atoms with Crippen LogP contribution in [0, 0.1) is 5.82 Å². The van der Waals surface area contributed by atoms with Gasteiger partial charge in [-0.3, -0.25) is 0 Å². The van der Waals surface area contributed by atoms with E-state index in [9.17, 15) is 8.96 Å². The van der Waals surface area contributed by atoms with E-state index in [-0.39, 0.29) is 23.8 Å². The third-order valence-electron chi connectivity index (χ3n) is 3.50. The van der Waals surface area contributed by atoms with Crippen LogP contribution in [-0.2, 0) is 17.2 Å². The zero-order valence-corrected chi connectivity index (χ0v) is 14.4. The topological polar surface area (TPSA) is 17.1 Å². The second kappa shape index (κ2) is 7.47. The molecule has 0 N–H and O–H groups in total. The maximum absolute atomic E-state index is 14.0. The minimum atomic E-state index is -3.10. The molecule has 0 saturated heterocycles. The Kier molecular flexibility index (Phi) is 5.84. The van der Waals surface area contributed by atoms with Gasteiger partial charge in [0, 0.05) is 15.9 Å². The molecular formula is C18H13FLiOPS. The van der Waals surface area contributed by atoms with E-state index in [1.165, 1.54) is 12.1 Å². The number of halogens is 1. The molecule has 110 valence electrons. The van der Waals surface area contributed by atoms with E-state index in [1.807, 2.05) is 60.7 Å². The van der Waals surface area contributed by atoms with Crippen molar-refractivity contribution in [3.8, 4) is 0 Å². The number of hydrogen-bond donors (Lipinski definition) is 0. The molecule has 23 heavy (non-hydrogen) atoms. The molecule has 0 atom stereocenters. The van der Waals surface area contributed by atoms with Gasteiger partial charge in [-0.25, -0.2) is 4.39 Å². The summed E-state index contributed by atoms with van der Waals surface area (Å²) in [5.74, 6) is -0.415. The fourth-order valence-electron chi connectivity index (χ4n) is 2.45. The molecule has 3 rings (SSSR count). The van der Waals surface area contributed by atoms with Gasteiger partial charge in [0.2, 0.25) is 0 Å². The van der Waals surface area contributed by atoms with Gasteiger partial charge in [0.25, 0.3) is 0 Å². The van der Waals surface area contributed by atoms with Crippen LogP contribution >= 0.6 is 7.14 Å². The van der Waals surface area contributed by atoms with E-state index in [4.69, 9.17) is 12.6 Å². The molecule has 0 unspecified atom stereocenters. The molecule has 1 nitrogen and oxygen atoms in total. The smallest absolute Gasteiger partial charge is 0.779 e. The van der Waals surface area contributed by atoms with E-state index < -0.39 is 13.0 Å². The summed E-state index contributed by atoms with van der Waals surface area (Å²) in [6.45, 7) is 0. The van der Waals surface area contributed by atoms with Crippen LogP contribution in [0.25, 0.3) is 0 Å². The molecule has 0 heterocycles. The van der Waals surface area contributed by atoms with Gasteiger partial charge in [0.05, 0.1) is 0 Å². The summed E-state index contributed by atoms with van der Waals surface area (Å²) in [6.07, 6.45) is 0. The van der Waals surface area contributed by atoms with Crippen LogP contribution in [-0.4, -0.2) is 0 Å². The molecule has 3 aromatic carbocycles. The second-order valence-electron chi connectivity index (χ2n) is 4.89. The van der Waals surface area contributed by atoms with E-state index >= 15 is 0 Å². The molecule has 0 aliphatic rings. The standard InChI is InChI=1S/C18H14FOPS.Li/c19-14-11-12-17(18(22)13-14)21(20,15-7-3-1-4-8-15)16-9-5-2-6-10-16;/h1-13,22H;/q;+1/p-1. The van der Waals surface area contributed by atoms with Gasteiger partial charge in [-0.15, -0.1) is 0 Å². The number of benzene rings is 3. The number of rotatable bonds is 3. The summed E-state index contributed by atoms with van der Waals surface area (Å²) in [5.41, 5.74) is 0. The number of hydrogen-bond acceptors (Lipinski definition) is 2. The van der Waals surface area contributed by atoms with Gasteiger partial charge in [-0.05, 0) is 18.2 Å². The van der Waals surface area contributed by atoms with Crippen molar-refractivity contribution in [1.82, 2.24) is 0 Å². The first-order valence-corrected chi connectivity index (χ1v) is 8.92. The first kappa shape index (κ1) is 18.0. The first-order valence-electron chi connectivity index (χ1n) is 6.81. The summed E-state index contributed by atoms with van der Waals surface area (Å²) in [6, 6.07) is 22.5. The van der Waals surface area contributed by atoms with Gasteiger partial charge < -0.3 is 17.2 Å². The van der Waals surface area contributed by atoms with E-state index in [1.54, 1.807) is 6.07 Å². The maximum atomic E-state index is 14.0. The Hall–Kier alpha value is -1.36. The Morgan fingerprint density at radius 3 is 1.70 bits per heavy atom. The van der Waals surface area contributed by atoms with Crippen LogP contribution in [0.1, 0.15) is 0 Å². The molecule has 0 spiro atoms. The minimum Gasteiger partial charge on any atom is -0.779 e. The molecule has 0 aromatic heterocycles. The Bertz CT molecular complexity index is 797. The molecule has 0 aliphatic heterocycles. The van der Waals surface area contributed by atoms with Crippen LogP contribution < -0.4 is 34.8 Å². The quantitative estimate of drug-likeness (QED) is 0.391. The summed E-state index contributed by atoms with van der Waals surface area (Å²) >= 11 is 5.28. The van der Waals surface area contributed by atoms with Crippen molar-refractivity contribution in [1.29, 1.82) is 0 Å². The fourth-order valence-corrected chi connectivity index (χ4v) is 5.72. The van der Waals surface area contributed by atoms with Gasteiger partial charge in [-0.2, -0.15) is 4.90 Å². The SMILES string of the molecule is O=P(c1ccccc1)(c1ccccc1)c1ccc(F)cc1[S-].[Li+]. The zero-order valence-electron chi connectivity index (χ0n) is 12.6. The van der Waals surface area contributed by atoms with E-state index in [2.05, 4.69) is 0 Å². The molecule has 0 saturated carbocycles. The normalized spacial score (nSPS) is 10.8. The van der Waals surface area contributed by atoms with Gasteiger partial charge in [0.15, 0.2) is 7.14 Å². The van der Waals surface area contributed by atoms with Crippen LogP contribution in [0.15, 0.2) is 83.8 Å². The predicted molar refractivity (Wildman–Crippen MR) is 91.4 cm³/mol. The molecule has 0 amide bonds. The van der Waals surface area contributed by atoms with Gasteiger partial charge >= 0.3 is 18.9 Å². The minimum absolute atomic E-state index is 0. The van der Waals surface area contributed by atoms with Crippen molar-refractivity contribution in [3.05, 3.63) is 84.7 Å². The fraction of sp³-hybridized carbons (Fsp3) is 0. The van der Waals surface area contributed by atoms with Crippen molar-refractivity contribution in [2.24, 2.45) is 0 Å². The van der Waals surface area contributed by atoms with Gasteiger partial charge in [-0.1, -0.05) is 60.7 Å². The average Bonchev–Trinajstić information content (AvgIpc) is 2.56. The van der Waals surface area contributed by atoms with E-state index in [0.29, 0.717) is 15.9 Å².